The molecule has 0 saturated carbocycles. The van der Waals surface area contributed by atoms with Gasteiger partial charge >= 0.3 is 11.9 Å². The Morgan fingerprint density at radius 3 is 2.48 bits per heavy atom. The van der Waals surface area contributed by atoms with Crippen LogP contribution < -0.4 is 15.2 Å². The third-order valence-corrected chi connectivity index (χ3v) is 2.67. The number of carbonyl (C=O) groups excluding carboxylic acids is 3. The molecule has 25 heavy (non-hydrogen) atoms. The number of hydrogen-bond donors (Lipinski definition) is 1. The van der Waals surface area contributed by atoms with Crippen LogP contribution in [0.2, 0.25) is 0 Å². The number of nitrogens with two attached hydrogens (primary N) is 1. The van der Waals surface area contributed by atoms with E-state index in [4.69, 9.17) is 24.7 Å². The average Bonchev–Trinajstić information content (AvgIpc) is 2.55. The molecule has 1 rings (SSSR count). The Bertz CT molecular complexity index is 652. The fraction of sp³-hybridized carbons (Fsp3) is 0.353. The van der Waals surface area contributed by atoms with Crippen LogP contribution in [0.25, 0.3) is 6.08 Å². The number of primary amides is 1. The van der Waals surface area contributed by atoms with Crippen LogP contribution >= 0.6 is 0 Å². The van der Waals surface area contributed by atoms with Crippen LogP contribution in [-0.4, -0.2) is 44.3 Å². The van der Waals surface area contributed by atoms with E-state index in [0.29, 0.717) is 17.1 Å². The quantitative estimate of drug-likeness (QED) is 0.523. The second-order valence-electron chi connectivity index (χ2n) is 5.14. The highest BCUT2D eigenvalue weighted by atomic mass is 16.6. The Kier molecular flexibility index (Phi) is 7.98. The Hall–Kier alpha value is -3.03. The lowest BCUT2D eigenvalue weighted by molar-refractivity contribution is -0.158. The normalized spacial score (nSPS) is 10.6. The third-order valence-electron chi connectivity index (χ3n) is 2.67. The minimum absolute atomic E-state index is 0.273. The first-order valence-electron chi connectivity index (χ1n) is 7.45. The number of rotatable bonds is 9. The van der Waals surface area contributed by atoms with E-state index >= 15 is 0 Å². The van der Waals surface area contributed by atoms with Crippen molar-refractivity contribution in [2.24, 2.45) is 5.73 Å². The van der Waals surface area contributed by atoms with Crippen molar-refractivity contribution in [3.8, 4) is 11.5 Å². The van der Waals surface area contributed by atoms with Gasteiger partial charge in [0.05, 0.1) is 13.2 Å². The highest BCUT2D eigenvalue weighted by molar-refractivity contribution is 5.88. The highest BCUT2D eigenvalue weighted by Crippen LogP contribution is 2.28. The topological polar surface area (TPSA) is 114 Å². The van der Waals surface area contributed by atoms with E-state index in [1.165, 1.54) is 19.3 Å². The maximum atomic E-state index is 11.6. The van der Waals surface area contributed by atoms with E-state index in [9.17, 15) is 14.4 Å². The first-order valence-corrected chi connectivity index (χ1v) is 7.45. The highest BCUT2D eigenvalue weighted by Gasteiger charge is 2.09. The Morgan fingerprint density at radius 1 is 1.16 bits per heavy atom. The molecule has 0 saturated heterocycles. The van der Waals surface area contributed by atoms with Gasteiger partial charge in [-0.1, -0.05) is 6.07 Å². The largest absolute Gasteiger partial charge is 0.493 e. The van der Waals surface area contributed by atoms with Gasteiger partial charge < -0.3 is 24.7 Å². The molecule has 0 aliphatic heterocycles. The van der Waals surface area contributed by atoms with Gasteiger partial charge in [0.25, 0.3) is 5.91 Å². The number of benzene rings is 1. The number of hydrogen-bond acceptors (Lipinski definition) is 7. The summed E-state index contributed by atoms with van der Waals surface area (Å²) in [5.41, 5.74) is 5.65. The summed E-state index contributed by atoms with van der Waals surface area (Å²) in [6, 6.07) is 4.83. The smallest absolute Gasteiger partial charge is 0.344 e. The zero-order chi connectivity index (χ0) is 18.8. The first-order chi connectivity index (χ1) is 11.8. The van der Waals surface area contributed by atoms with Crippen LogP contribution in [0.4, 0.5) is 0 Å². The Labute approximate surface area is 145 Å². The first kappa shape index (κ1) is 20.0. The van der Waals surface area contributed by atoms with E-state index < -0.39 is 24.5 Å². The van der Waals surface area contributed by atoms with Crippen molar-refractivity contribution < 1.29 is 33.3 Å². The molecule has 0 bridgehead atoms. The van der Waals surface area contributed by atoms with Gasteiger partial charge in [0.1, 0.15) is 0 Å². The van der Waals surface area contributed by atoms with Crippen molar-refractivity contribution in [1.82, 2.24) is 0 Å². The fourth-order valence-corrected chi connectivity index (χ4v) is 1.70. The van der Waals surface area contributed by atoms with Crippen LogP contribution in [-0.2, 0) is 23.9 Å². The molecule has 0 aliphatic rings. The SMILES string of the molecule is COc1cc(/C=C/C(=O)OCC(=O)OC(C)C)ccc1OCC(N)=O. The monoisotopic (exact) mass is 351 g/mol. The molecule has 8 heteroatoms. The van der Waals surface area contributed by atoms with E-state index in [1.54, 1.807) is 32.0 Å². The molecule has 1 amide bonds. The van der Waals surface area contributed by atoms with Crippen LogP contribution in [0.1, 0.15) is 19.4 Å². The third kappa shape index (κ3) is 7.87. The molecule has 0 aromatic heterocycles. The van der Waals surface area contributed by atoms with E-state index in [0.717, 1.165) is 0 Å². The lowest BCUT2D eigenvalue weighted by atomic mass is 10.2. The summed E-state index contributed by atoms with van der Waals surface area (Å²) >= 11 is 0. The molecule has 0 aliphatic carbocycles. The average molecular weight is 351 g/mol. The summed E-state index contributed by atoms with van der Waals surface area (Å²) < 4.78 is 20.0. The Morgan fingerprint density at radius 2 is 1.88 bits per heavy atom. The van der Waals surface area contributed by atoms with Gasteiger partial charge in [-0.25, -0.2) is 9.59 Å². The summed E-state index contributed by atoms with van der Waals surface area (Å²) in [4.78, 5) is 33.6. The number of ether oxygens (including phenoxy) is 4. The predicted molar refractivity (Wildman–Crippen MR) is 88.9 cm³/mol. The standard InChI is InChI=1S/C17H21NO7/c1-11(2)25-17(21)10-24-16(20)7-5-12-4-6-13(14(8-12)22-3)23-9-15(18)19/h4-8,11H,9-10H2,1-3H3,(H2,18,19)/b7-5+. The van der Waals surface area contributed by atoms with Gasteiger partial charge in [-0.05, 0) is 37.6 Å². The predicted octanol–water partition coefficient (Wildman–Crippen LogP) is 1.07. The van der Waals surface area contributed by atoms with Crippen molar-refractivity contribution in [3.05, 3.63) is 29.8 Å². The van der Waals surface area contributed by atoms with Crippen molar-refractivity contribution >= 4 is 23.9 Å². The van der Waals surface area contributed by atoms with E-state index in [-0.39, 0.29) is 12.7 Å². The number of carbonyl (C=O) groups is 3. The number of methoxy groups -OCH3 is 1. The Balaban J connectivity index is 2.63. The van der Waals surface area contributed by atoms with Crippen LogP contribution in [0, 0.1) is 0 Å². The minimum Gasteiger partial charge on any atom is -0.493 e. The molecule has 0 unspecified atom stereocenters. The van der Waals surface area contributed by atoms with Gasteiger partial charge in [0.2, 0.25) is 0 Å². The van der Waals surface area contributed by atoms with Gasteiger partial charge in [-0.2, -0.15) is 0 Å². The molecule has 8 nitrogen and oxygen atoms in total. The van der Waals surface area contributed by atoms with E-state index in [1.807, 2.05) is 0 Å². The zero-order valence-corrected chi connectivity index (χ0v) is 14.3. The molecule has 0 fully saturated rings. The van der Waals surface area contributed by atoms with Crippen LogP contribution in [0.3, 0.4) is 0 Å². The van der Waals surface area contributed by atoms with Gasteiger partial charge in [0.15, 0.2) is 24.7 Å². The summed E-state index contributed by atoms with van der Waals surface area (Å²) in [5, 5.41) is 0. The van der Waals surface area contributed by atoms with Crippen LogP contribution in [0.5, 0.6) is 11.5 Å². The molecule has 0 spiro atoms. The summed E-state index contributed by atoms with van der Waals surface area (Å²) in [6.45, 7) is 2.67. The van der Waals surface area contributed by atoms with Gasteiger partial charge in [-0.15, -0.1) is 0 Å². The number of esters is 2. The molecule has 1 aromatic carbocycles. The lowest BCUT2D eigenvalue weighted by Gasteiger charge is -2.10. The molecule has 2 N–H and O–H groups in total. The molecule has 1 aromatic rings. The van der Waals surface area contributed by atoms with E-state index in [2.05, 4.69) is 0 Å². The molecular formula is C17H21NO7. The number of amides is 1. The van der Waals surface area contributed by atoms with Gasteiger partial charge in [-0.3, -0.25) is 4.79 Å². The second kappa shape index (κ2) is 9.96. The fourth-order valence-electron chi connectivity index (χ4n) is 1.70. The van der Waals surface area contributed by atoms with Crippen molar-refractivity contribution in [2.75, 3.05) is 20.3 Å². The molecule has 136 valence electrons. The molecular weight excluding hydrogens is 330 g/mol. The van der Waals surface area contributed by atoms with Crippen LogP contribution in [0.15, 0.2) is 24.3 Å². The molecule has 0 heterocycles. The van der Waals surface area contributed by atoms with Crippen molar-refractivity contribution in [1.29, 1.82) is 0 Å². The zero-order valence-electron chi connectivity index (χ0n) is 14.3. The molecule has 0 atom stereocenters. The summed E-state index contributed by atoms with van der Waals surface area (Å²) in [6.07, 6.45) is 2.38. The maximum Gasteiger partial charge on any atom is 0.344 e. The summed E-state index contributed by atoms with van der Waals surface area (Å²) in [5.74, 6) is -1.19. The minimum atomic E-state index is -0.686. The van der Waals surface area contributed by atoms with Crippen molar-refractivity contribution in [2.45, 2.75) is 20.0 Å². The lowest BCUT2D eigenvalue weighted by Crippen LogP contribution is -2.20. The summed E-state index contributed by atoms with van der Waals surface area (Å²) in [7, 11) is 1.44. The second-order valence-corrected chi connectivity index (χ2v) is 5.14. The van der Waals surface area contributed by atoms with Gasteiger partial charge in [0, 0.05) is 6.08 Å². The van der Waals surface area contributed by atoms with Crippen molar-refractivity contribution in [3.63, 3.8) is 0 Å². The molecule has 0 radical (unpaired) electrons. The maximum absolute atomic E-state index is 11.6.